The van der Waals surface area contributed by atoms with Gasteiger partial charge in [0.1, 0.15) is 28.8 Å². The molecular weight excluding hydrogens is 473 g/mol. The van der Waals surface area contributed by atoms with Crippen LogP contribution in [0.1, 0.15) is 17.2 Å². The van der Waals surface area contributed by atoms with Gasteiger partial charge in [-0.25, -0.2) is 4.39 Å². The highest BCUT2D eigenvalue weighted by Gasteiger charge is 2.47. The molecule has 0 saturated carbocycles. The molecule has 1 saturated heterocycles. The molecule has 1 unspecified atom stereocenters. The van der Waals surface area contributed by atoms with Gasteiger partial charge in [0.05, 0.1) is 18.7 Å². The van der Waals surface area contributed by atoms with Crippen molar-refractivity contribution < 1.29 is 28.6 Å². The molecule has 0 aromatic heterocycles. The molecule has 37 heavy (non-hydrogen) atoms. The Bertz CT molecular complexity index is 1500. The van der Waals surface area contributed by atoms with Crippen LogP contribution in [0.15, 0.2) is 109 Å². The van der Waals surface area contributed by atoms with Crippen LogP contribution < -0.4 is 14.4 Å². The monoisotopic (exact) mass is 495 g/mol. The summed E-state index contributed by atoms with van der Waals surface area (Å²) in [4.78, 5) is 27.8. The van der Waals surface area contributed by atoms with Crippen molar-refractivity contribution in [1.82, 2.24) is 0 Å². The Labute approximate surface area is 212 Å². The fraction of sp³-hybridized carbons (Fsp3) is 0.0667. The van der Waals surface area contributed by atoms with Gasteiger partial charge in [-0.05, 0) is 72.3 Å². The Balaban J connectivity index is 1.66. The first kappa shape index (κ1) is 23.8. The number of para-hydroxylation sites is 1. The molecule has 6 nitrogen and oxygen atoms in total. The number of carbonyl (C=O) groups is 2. The Hall–Kier alpha value is -4.91. The van der Waals surface area contributed by atoms with E-state index in [0.717, 1.165) is 0 Å². The lowest BCUT2D eigenvalue weighted by molar-refractivity contribution is -0.132. The van der Waals surface area contributed by atoms with E-state index in [4.69, 9.17) is 9.47 Å². The number of nitrogens with zero attached hydrogens (tertiary/aromatic N) is 1. The summed E-state index contributed by atoms with van der Waals surface area (Å²) in [5.41, 5.74) is 0.915. The molecule has 0 spiro atoms. The number of ether oxygens (including phenoxy) is 2. The average molecular weight is 496 g/mol. The number of rotatable bonds is 6. The third-order valence-corrected chi connectivity index (χ3v) is 6.05. The summed E-state index contributed by atoms with van der Waals surface area (Å²) in [7, 11) is 1.52. The zero-order valence-corrected chi connectivity index (χ0v) is 19.8. The number of ketones is 1. The highest BCUT2D eigenvalue weighted by Crippen LogP contribution is 2.43. The SMILES string of the molecule is COc1ccc(/C(O)=C2\C(=O)C(=O)N(c3cccc(F)c3)C2c2cccc(Oc3ccccc3)c2)cc1. The minimum atomic E-state index is -1.02. The summed E-state index contributed by atoms with van der Waals surface area (Å²) in [5, 5.41) is 11.3. The van der Waals surface area contributed by atoms with Crippen LogP contribution in [0.2, 0.25) is 0 Å². The molecule has 4 aromatic rings. The second-order valence-corrected chi connectivity index (χ2v) is 8.37. The van der Waals surface area contributed by atoms with Gasteiger partial charge in [0.15, 0.2) is 0 Å². The predicted molar refractivity (Wildman–Crippen MR) is 137 cm³/mol. The molecule has 1 amide bonds. The summed E-state index contributed by atoms with van der Waals surface area (Å²) in [6.45, 7) is 0. The molecule has 1 atom stereocenters. The Kier molecular flexibility index (Phi) is 6.43. The summed E-state index contributed by atoms with van der Waals surface area (Å²) < 4.78 is 25.3. The van der Waals surface area contributed by atoms with Crippen LogP contribution in [-0.2, 0) is 9.59 Å². The van der Waals surface area contributed by atoms with Crippen LogP contribution in [0, 0.1) is 5.82 Å². The zero-order chi connectivity index (χ0) is 25.9. The summed E-state index contributed by atoms with van der Waals surface area (Å²) in [6, 6.07) is 26.9. The molecule has 184 valence electrons. The van der Waals surface area contributed by atoms with Gasteiger partial charge >= 0.3 is 0 Å². The minimum absolute atomic E-state index is 0.115. The number of hydrogen-bond acceptors (Lipinski definition) is 5. The number of aliphatic hydroxyl groups is 1. The zero-order valence-electron chi connectivity index (χ0n) is 19.8. The number of Topliss-reactive ketones (excluding diaryl/α,β-unsaturated/α-hetero) is 1. The lowest BCUT2D eigenvalue weighted by Crippen LogP contribution is -2.29. The number of amides is 1. The topological polar surface area (TPSA) is 76.1 Å². The Morgan fingerprint density at radius 3 is 2.22 bits per heavy atom. The van der Waals surface area contributed by atoms with Gasteiger partial charge in [0.25, 0.3) is 11.7 Å². The number of benzene rings is 4. The highest BCUT2D eigenvalue weighted by atomic mass is 19.1. The van der Waals surface area contributed by atoms with Crippen molar-refractivity contribution in [3.63, 3.8) is 0 Å². The molecule has 0 bridgehead atoms. The number of aliphatic hydroxyl groups excluding tert-OH is 1. The van der Waals surface area contributed by atoms with Gasteiger partial charge in [0, 0.05) is 11.3 Å². The fourth-order valence-electron chi connectivity index (χ4n) is 4.32. The first-order valence-electron chi connectivity index (χ1n) is 11.5. The first-order valence-corrected chi connectivity index (χ1v) is 11.5. The maximum atomic E-state index is 14.2. The fourth-order valence-corrected chi connectivity index (χ4v) is 4.32. The van der Waals surface area contributed by atoms with Gasteiger partial charge in [-0.2, -0.15) is 0 Å². The number of methoxy groups -OCH3 is 1. The van der Waals surface area contributed by atoms with Gasteiger partial charge in [-0.15, -0.1) is 0 Å². The van der Waals surface area contributed by atoms with E-state index in [1.165, 1.54) is 30.2 Å². The van der Waals surface area contributed by atoms with Crippen LogP contribution >= 0.6 is 0 Å². The van der Waals surface area contributed by atoms with E-state index in [1.54, 1.807) is 66.7 Å². The smallest absolute Gasteiger partial charge is 0.300 e. The van der Waals surface area contributed by atoms with Crippen molar-refractivity contribution in [2.24, 2.45) is 0 Å². The summed E-state index contributed by atoms with van der Waals surface area (Å²) in [6.07, 6.45) is 0. The normalized spacial score (nSPS) is 16.6. The van der Waals surface area contributed by atoms with Crippen molar-refractivity contribution in [1.29, 1.82) is 0 Å². The molecule has 1 heterocycles. The molecule has 1 aliphatic rings. The van der Waals surface area contributed by atoms with Crippen molar-refractivity contribution in [2.45, 2.75) is 6.04 Å². The van der Waals surface area contributed by atoms with Crippen molar-refractivity contribution in [3.8, 4) is 17.2 Å². The van der Waals surface area contributed by atoms with E-state index in [-0.39, 0.29) is 17.0 Å². The van der Waals surface area contributed by atoms with Crippen LogP contribution in [0.25, 0.3) is 5.76 Å². The Morgan fingerprint density at radius 1 is 0.811 bits per heavy atom. The molecule has 7 heteroatoms. The number of hydrogen-bond donors (Lipinski definition) is 1. The van der Waals surface area contributed by atoms with Gasteiger partial charge in [-0.1, -0.05) is 36.4 Å². The molecule has 4 aromatic carbocycles. The third kappa shape index (κ3) is 4.67. The molecule has 0 radical (unpaired) electrons. The highest BCUT2D eigenvalue weighted by molar-refractivity contribution is 6.51. The van der Waals surface area contributed by atoms with Crippen molar-refractivity contribution in [3.05, 3.63) is 126 Å². The third-order valence-electron chi connectivity index (χ3n) is 6.05. The van der Waals surface area contributed by atoms with E-state index in [1.807, 2.05) is 18.2 Å². The lowest BCUT2D eigenvalue weighted by atomic mass is 9.95. The molecule has 0 aliphatic carbocycles. The molecule has 1 fully saturated rings. The number of halogens is 1. The maximum absolute atomic E-state index is 14.2. The van der Waals surface area contributed by atoms with Gasteiger partial charge in [0.2, 0.25) is 0 Å². The van der Waals surface area contributed by atoms with Gasteiger partial charge in [-0.3, -0.25) is 14.5 Å². The van der Waals surface area contributed by atoms with E-state index in [0.29, 0.717) is 28.4 Å². The molecule has 5 rings (SSSR count). The van der Waals surface area contributed by atoms with E-state index >= 15 is 0 Å². The summed E-state index contributed by atoms with van der Waals surface area (Å²) >= 11 is 0. The second-order valence-electron chi connectivity index (χ2n) is 8.37. The largest absolute Gasteiger partial charge is 0.507 e. The van der Waals surface area contributed by atoms with E-state index in [2.05, 4.69) is 0 Å². The maximum Gasteiger partial charge on any atom is 0.300 e. The van der Waals surface area contributed by atoms with Crippen LogP contribution in [0.3, 0.4) is 0 Å². The van der Waals surface area contributed by atoms with Crippen LogP contribution in [-0.4, -0.2) is 23.9 Å². The predicted octanol–water partition coefficient (Wildman–Crippen LogP) is 6.25. The summed E-state index contributed by atoms with van der Waals surface area (Å²) in [5.74, 6) is -1.01. The van der Waals surface area contributed by atoms with Gasteiger partial charge < -0.3 is 14.6 Å². The number of anilines is 1. The van der Waals surface area contributed by atoms with Crippen LogP contribution in [0.4, 0.5) is 10.1 Å². The molecule has 1 aliphatic heterocycles. The average Bonchev–Trinajstić information content (AvgIpc) is 3.19. The molecular formula is C30H22FNO5. The quantitative estimate of drug-likeness (QED) is 0.194. The second kappa shape index (κ2) is 9.99. The molecule has 1 N–H and O–H groups in total. The van der Waals surface area contributed by atoms with E-state index < -0.39 is 23.5 Å². The van der Waals surface area contributed by atoms with E-state index in [9.17, 15) is 19.1 Å². The lowest BCUT2D eigenvalue weighted by Gasteiger charge is -2.26. The standard InChI is InChI=1S/C30H22FNO5/c1-36-23-15-13-19(14-16-23)28(33)26-27(32(30(35)29(26)34)22-9-6-8-21(31)18-22)20-7-5-12-25(17-20)37-24-10-3-2-4-11-24/h2-18,27,33H,1H3/b28-26+. The first-order chi connectivity index (χ1) is 18.0. The van der Waals surface area contributed by atoms with Crippen LogP contribution in [0.5, 0.6) is 17.2 Å². The Morgan fingerprint density at radius 2 is 1.51 bits per heavy atom. The van der Waals surface area contributed by atoms with Crippen molar-refractivity contribution in [2.75, 3.05) is 12.0 Å². The number of carbonyl (C=O) groups excluding carboxylic acids is 2. The van der Waals surface area contributed by atoms with Crippen molar-refractivity contribution >= 4 is 23.1 Å². The minimum Gasteiger partial charge on any atom is -0.507 e.